The topological polar surface area (TPSA) is 29.9 Å². The Balaban J connectivity index is 1.73. The minimum atomic E-state index is -0.172. The number of benzene rings is 1. The lowest BCUT2D eigenvalue weighted by molar-refractivity contribution is 0.622. The average molecular weight is 233 g/mol. The van der Waals surface area contributed by atoms with E-state index in [2.05, 4.69) is 10.4 Å². The van der Waals surface area contributed by atoms with Crippen molar-refractivity contribution in [2.24, 2.45) is 7.05 Å². The van der Waals surface area contributed by atoms with Crippen molar-refractivity contribution < 1.29 is 4.39 Å². The van der Waals surface area contributed by atoms with Crippen LogP contribution in [-0.4, -0.2) is 16.3 Å². The van der Waals surface area contributed by atoms with E-state index in [1.54, 1.807) is 16.8 Å². The summed E-state index contributed by atoms with van der Waals surface area (Å²) in [5.41, 5.74) is 2.18. The minimum absolute atomic E-state index is 0.172. The first-order chi connectivity index (χ1) is 8.24. The molecule has 0 unspecified atom stereocenters. The van der Waals surface area contributed by atoms with Gasteiger partial charge in [0.05, 0.1) is 6.20 Å². The van der Waals surface area contributed by atoms with Crippen LogP contribution >= 0.6 is 0 Å². The molecule has 0 aliphatic carbocycles. The van der Waals surface area contributed by atoms with Gasteiger partial charge in [-0.15, -0.1) is 0 Å². The Labute approximate surface area is 100 Å². The van der Waals surface area contributed by atoms with Crippen molar-refractivity contribution in [3.8, 4) is 0 Å². The van der Waals surface area contributed by atoms with Crippen LogP contribution in [0.15, 0.2) is 36.7 Å². The number of aromatic nitrogens is 2. The fourth-order valence-electron chi connectivity index (χ4n) is 1.72. The number of halogens is 1. The Morgan fingerprint density at radius 3 is 2.94 bits per heavy atom. The van der Waals surface area contributed by atoms with E-state index in [1.807, 2.05) is 25.5 Å². The molecule has 2 aromatic rings. The second-order valence-corrected chi connectivity index (χ2v) is 4.08. The molecule has 2 rings (SSSR count). The lowest BCUT2D eigenvalue weighted by atomic mass is 10.1. The van der Waals surface area contributed by atoms with Gasteiger partial charge in [-0.25, -0.2) is 4.39 Å². The van der Waals surface area contributed by atoms with Gasteiger partial charge < -0.3 is 5.32 Å². The Morgan fingerprint density at radius 2 is 2.24 bits per heavy atom. The van der Waals surface area contributed by atoms with E-state index in [1.165, 1.54) is 6.07 Å². The molecule has 3 nitrogen and oxygen atoms in total. The fourth-order valence-corrected chi connectivity index (χ4v) is 1.72. The molecule has 0 saturated heterocycles. The molecular formula is C13H16FN3. The standard InChI is InChI=1S/C13H16FN3/c1-17-10-12(9-16-17)8-15-6-5-11-3-2-4-13(14)7-11/h2-4,7,9-10,15H,5-6,8H2,1H3. The van der Waals surface area contributed by atoms with Crippen LogP contribution < -0.4 is 5.32 Å². The monoisotopic (exact) mass is 233 g/mol. The molecule has 0 fully saturated rings. The van der Waals surface area contributed by atoms with E-state index in [9.17, 15) is 4.39 Å². The molecule has 90 valence electrons. The van der Waals surface area contributed by atoms with Crippen LogP contribution in [0.2, 0.25) is 0 Å². The zero-order valence-corrected chi connectivity index (χ0v) is 9.86. The van der Waals surface area contributed by atoms with Gasteiger partial charge in [0.1, 0.15) is 5.82 Å². The second-order valence-electron chi connectivity index (χ2n) is 4.08. The van der Waals surface area contributed by atoms with Gasteiger partial charge in [-0.05, 0) is 30.7 Å². The van der Waals surface area contributed by atoms with Gasteiger partial charge in [0.25, 0.3) is 0 Å². The molecule has 1 N–H and O–H groups in total. The SMILES string of the molecule is Cn1cc(CNCCc2cccc(F)c2)cn1. The smallest absolute Gasteiger partial charge is 0.123 e. The van der Waals surface area contributed by atoms with Crippen molar-refractivity contribution in [3.63, 3.8) is 0 Å². The molecule has 0 aliphatic rings. The highest BCUT2D eigenvalue weighted by molar-refractivity contribution is 5.16. The summed E-state index contributed by atoms with van der Waals surface area (Å²) < 4.78 is 14.7. The zero-order valence-electron chi connectivity index (χ0n) is 9.86. The molecule has 0 saturated carbocycles. The third kappa shape index (κ3) is 3.67. The molecule has 0 amide bonds. The Hall–Kier alpha value is -1.68. The number of aryl methyl sites for hydroxylation is 1. The molecule has 0 atom stereocenters. The summed E-state index contributed by atoms with van der Waals surface area (Å²) in [5.74, 6) is -0.172. The lowest BCUT2D eigenvalue weighted by Crippen LogP contribution is -2.16. The summed E-state index contributed by atoms with van der Waals surface area (Å²) in [4.78, 5) is 0. The molecule has 17 heavy (non-hydrogen) atoms. The largest absolute Gasteiger partial charge is 0.312 e. The molecule has 1 heterocycles. The van der Waals surface area contributed by atoms with Crippen molar-refractivity contribution in [2.45, 2.75) is 13.0 Å². The average Bonchev–Trinajstić information content (AvgIpc) is 2.71. The van der Waals surface area contributed by atoms with Crippen molar-refractivity contribution in [1.29, 1.82) is 0 Å². The van der Waals surface area contributed by atoms with E-state index in [0.29, 0.717) is 0 Å². The molecule has 0 spiro atoms. The van der Waals surface area contributed by atoms with Gasteiger partial charge in [0, 0.05) is 25.4 Å². The maximum atomic E-state index is 12.9. The maximum absolute atomic E-state index is 12.9. The summed E-state index contributed by atoms with van der Waals surface area (Å²) in [6, 6.07) is 6.72. The number of hydrogen-bond acceptors (Lipinski definition) is 2. The second kappa shape index (κ2) is 5.59. The Morgan fingerprint density at radius 1 is 1.35 bits per heavy atom. The number of rotatable bonds is 5. The first kappa shape index (κ1) is 11.8. The van der Waals surface area contributed by atoms with Crippen molar-refractivity contribution in [3.05, 3.63) is 53.6 Å². The van der Waals surface area contributed by atoms with Gasteiger partial charge in [0.2, 0.25) is 0 Å². The van der Waals surface area contributed by atoms with Gasteiger partial charge in [0.15, 0.2) is 0 Å². The summed E-state index contributed by atoms with van der Waals surface area (Å²) in [5, 5.41) is 7.40. The fraction of sp³-hybridized carbons (Fsp3) is 0.308. The minimum Gasteiger partial charge on any atom is -0.312 e. The maximum Gasteiger partial charge on any atom is 0.123 e. The van der Waals surface area contributed by atoms with E-state index in [0.717, 1.165) is 30.6 Å². The van der Waals surface area contributed by atoms with E-state index in [-0.39, 0.29) is 5.82 Å². The van der Waals surface area contributed by atoms with Gasteiger partial charge >= 0.3 is 0 Å². The summed E-state index contributed by atoms with van der Waals surface area (Å²) in [7, 11) is 1.90. The molecule has 1 aromatic heterocycles. The zero-order chi connectivity index (χ0) is 12.1. The first-order valence-electron chi connectivity index (χ1n) is 5.67. The van der Waals surface area contributed by atoms with E-state index >= 15 is 0 Å². The number of hydrogen-bond donors (Lipinski definition) is 1. The number of nitrogens with one attached hydrogen (secondary N) is 1. The Kier molecular flexibility index (Phi) is 3.88. The van der Waals surface area contributed by atoms with Crippen LogP contribution in [0.5, 0.6) is 0 Å². The molecule has 4 heteroatoms. The van der Waals surface area contributed by atoms with Crippen molar-refractivity contribution in [2.75, 3.05) is 6.54 Å². The van der Waals surface area contributed by atoms with Crippen LogP contribution in [0.3, 0.4) is 0 Å². The lowest BCUT2D eigenvalue weighted by Gasteiger charge is -2.03. The predicted molar refractivity (Wildman–Crippen MR) is 65.0 cm³/mol. The van der Waals surface area contributed by atoms with Crippen LogP contribution in [0.25, 0.3) is 0 Å². The van der Waals surface area contributed by atoms with Crippen LogP contribution in [-0.2, 0) is 20.0 Å². The van der Waals surface area contributed by atoms with Crippen LogP contribution in [0.4, 0.5) is 4.39 Å². The van der Waals surface area contributed by atoms with E-state index in [4.69, 9.17) is 0 Å². The third-order valence-corrected chi connectivity index (χ3v) is 2.57. The van der Waals surface area contributed by atoms with Crippen molar-refractivity contribution >= 4 is 0 Å². The first-order valence-corrected chi connectivity index (χ1v) is 5.67. The molecule has 1 aromatic carbocycles. The van der Waals surface area contributed by atoms with E-state index < -0.39 is 0 Å². The third-order valence-electron chi connectivity index (χ3n) is 2.57. The van der Waals surface area contributed by atoms with Crippen LogP contribution in [0.1, 0.15) is 11.1 Å². The van der Waals surface area contributed by atoms with Crippen molar-refractivity contribution in [1.82, 2.24) is 15.1 Å². The molecule has 0 radical (unpaired) electrons. The summed E-state index contributed by atoms with van der Waals surface area (Å²) in [6.07, 6.45) is 4.66. The van der Waals surface area contributed by atoms with Gasteiger partial charge in [-0.3, -0.25) is 4.68 Å². The molecule has 0 bridgehead atoms. The summed E-state index contributed by atoms with van der Waals surface area (Å²) >= 11 is 0. The van der Waals surface area contributed by atoms with Crippen LogP contribution in [0, 0.1) is 5.82 Å². The highest BCUT2D eigenvalue weighted by atomic mass is 19.1. The highest BCUT2D eigenvalue weighted by Crippen LogP contribution is 2.03. The van der Waals surface area contributed by atoms with Gasteiger partial charge in [-0.1, -0.05) is 12.1 Å². The Bertz CT molecular complexity index is 479. The number of nitrogens with zero attached hydrogens (tertiary/aromatic N) is 2. The summed E-state index contributed by atoms with van der Waals surface area (Å²) in [6.45, 7) is 1.63. The predicted octanol–water partition coefficient (Wildman–Crippen LogP) is 1.89. The quantitative estimate of drug-likeness (QED) is 0.799. The normalized spacial score (nSPS) is 10.7. The molecule has 0 aliphatic heterocycles. The highest BCUT2D eigenvalue weighted by Gasteiger charge is 1.97. The van der Waals surface area contributed by atoms with Gasteiger partial charge in [-0.2, -0.15) is 5.10 Å². The molecular weight excluding hydrogens is 217 g/mol.